The Morgan fingerprint density at radius 2 is 1.03 bits per heavy atom. The molecular weight excluding hydrogens is 427 g/mol. The van der Waals surface area contributed by atoms with Crippen LogP contribution in [-0.4, -0.2) is 37.0 Å². The second-order valence-electron chi connectivity index (χ2n) is 8.52. The van der Waals surface area contributed by atoms with Crippen LogP contribution >= 0.6 is 7.82 Å². The lowest BCUT2D eigenvalue weighted by Gasteiger charge is -2.36. The summed E-state index contributed by atoms with van der Waals surface area (Å²) in [5, 5.41) is 3.05. The lowest BCUT2D eigenvalue weighted by atomic mass is 10.0. The van der Waals surface area contributed by atoms with Gasteiger partial charge in [-0.05, 0) is 19.5 Å². The third-order valence-electron chi connectivity index (χ3n) is 5.65. The molecule has 0 saturated carbocycles. The van der Waals surface area contributed by atoms with E-state index in [-0.39, 0.29) is 5.91 Å². The van der Waals surface area contributed by atoms with Gasteiger partial charge < -0.3 is 29.5 Å². The zero-order valence-corrected chi connectivity index (χ0v) is 22.0. The van der Waals surface area contributed by atoms with E-state index in [9.17, 15) is 4.79 Å². The Kier molecular flexibility index (Phi) is 26.5. The van der Waals surface area contributed by atoms with E-state index in [0.29, 0.717) is 6.42 Å². The Bertz CT molecular complexity index is 434. The molecule has 0 rings (SSSR count). The smallest absolute Gasteiger partial charge is 0.220 e. The van der Waals surface area contributed by atoms with Crippen molar-refractivity contribution in [3.63, 3.8) is 0 Å². The number of amides is 1. The number of rotatable bonds is 21. The van der Waals surface area contributed by atoms with E-state index in [0.717, 1.165) is 32.6 Å². The van der Waals surface area contributed by atoms with Gasteiger partial charge in [-0.25, -0.2) is 0 Å². The van der Waals surface area contributed by atoms with Gasteiger partial charge in [0.25, 0.3) is 0 Å². The van der Waals surface area contributed by atoms with Gasteiger partial charge in [-0.2, -0.15) is 7.82 Å². The molecule has 0 unspecified atom stereocenters. The van der Waals surface area contributed by atoms with E-state index in [1.54, 1.807) is 0 Å². The van der Waals surface area contributed by atoms with Gasteiger partial charge in [-0.3, -0.25) is 4.79 Å². The van der Waals surface area contributed by atoms with Gasteiger partial charge in [-0.15, -0.1) is 0 Å². The fraction of sp³-hybridized carbons (Fsp3) is 0.958. The first-order valence-corrected chi connectivity index (χ1v) is 14.4. The number of nitrogens with one attached hydrogen (secondary N) is 1. The highest BCUT2D eigenvalue weighted by atomic mass is 31.2. The Morgan fingerprint density at radius 3 is 1.38 bits per heavy atom. The molecule has 0 atom stereocenters. The Morgan fingerprint density at radius 1 is 0.688 bits per heavy atom. The van der Waals surface area contributed by atoms with E-state index in [1.165, 1.54) is 89.9 Å². The first-order chi connectivity index (χ1) is 15.2. The molecule has 0 saturated heterocycles. The van der Waals surface area contributed by atoms with Crippen LogP contribution in [0.3, 0.4) is 0 Å². The van der Waals surface area contributed by atoms with Crippen molar-refractivity contribution < 1.29 is 24.0 Å². The molecule has 32 heavy (non-hydrogen) atoms. The van der Waals surface area contributed by atoms with Crippen molar-refractivity contribution in [3.8, 4) is 0 Å². The molecule has 1 amide bonds. The molecule has 0 radical (unpaired) electrons. The minimum absolute atomic E-state index is 0.233. The van der Waals surface area contributed by atoms with Crippen molar-refractivity contribution in [2.24, 2.45) is 0 Å². The van der Waals surface area contributed by atoms with Crippen LogP contribution in [0.5, 0.6) is 0 Å². The van der Waals surface area contributed by atoms with Crippen LogP contribution in [0.25, 0.3) is 0 Å². The van der Waals surface area contributed by atoms with Crippen LogP contribution in [0.2, 0.25) is 0 Å². The normalized spacial score (nSPS) is 11.3. The highest BCUT2D eigenvalue weighted by molar-refractivity contribution is 7.40. The molecule has 0 bridgehead atoms. The van der Waals surface area contributed by atoms with Gasteiger partial charge in [0.05, 0.1) is 0 Å². The molecule has 194 valence electrons. The van der Waals surface area contributed by atoms with Crippen LogP contribution in [0.15, 0.2) is 0 Å². The number of carbonyl (C=O) groups is 1. The fourth-order valence-corrected chi connectivity index (χ4v) is 3.64. The lowest BCUT2D eigenvalue weighted by molar-refractivity contribution is -0.432. The summed E-state index contributed by atoms with van der Waals surface area (Å²) in [6, 6.07) is 0. The number of phosphoric acid groups is 1. The van der Waals surface area contributed by atoms with Gasteiger partial charge in [0.1, 0.15) is 0 Å². The maximum Gasteiger partial charge on any atom is 0.220 e. The van der Waals surface area contributed by atoms with Crippen molar-refractivity contribution >= 4 is 13.7 Å². The second-order valence-corrected chi connectivity index (χ2v) is 9.42. The van der Waals surface area contributed by atoms with Gasteiger partial charge in [0, 0.05) is 19.5 Å². The monoisotopic (exact) mass is 477 g/mol. The minimum Gasteiger partial charge on any atom is -0.822 e. The fourth-order valence-electron chi connectivity index (χ4n) is 3.64. The van der Waals surface area contributed by atoms with Gasteiger partial charge in [-0.1, -0.05) is 111 Å². The molecule has 0 aliphatic carbocycles. The summed E-state index contributed by atoms with van der Waals surface area (Å²) < 4.78 is 8.55. The highest BCUT2D eigenvalue weighted by Gasteiger charge is 2.02. The lowest BCUT2D eigenvalue weighted by Crippen LogP contribution is -2.34. The molecule has 8 heteroatoms. The standard InChI is InChI=1S/C24H50N2O.H3O4P/c1-4-7-8-9-10-11-12-13-14-15-16-17-18-19-20-21-24(27)25-22-23-26(5-2)6-3;1-5(2,3)4/h4-23H2,1-3H3,(H,25,27);(H3,1,2,3,4)/p-3. The quantitative estimate of drug-likeness (QED) is 0.198. The zero-order chi connectivity index (χ0) is 24.5. The number of unbranched alkanes of at least 4 members (excludes halogenated alkanes) is 14. The van der Waals surface area contributed by atoms with Crippen LogP contribution in [0, 0.1) is 0 Å². The molecule has 7 nitrogen and oxygen atoms in total. The topological polar surface area (TPSA) is 119 Å². The number of carbonyl (C=O) groups excluding carboxylic acids is 1. The van der Waals surface area contributed by atoms with Crippen molar-refractivity contribution in [2.75, 3.05) is 26.2 Å². The molecule has 0 aromatic carbocycles. The first-order valence-electron chi connectivity index (χ1n) is 13.0. The van der Waals surface area contributed by atoms with Crippen molar-refractivity contribution in [2.45, 2.75) is 124 Å². The molecule has 0 heterocycles. The third-order valence-corrected chi connectivity index (χ3v) is 5.65. The molecule has 0 aromatic heterocycles. The van der Waals surface area contributed by atoms with Gasteiger partial charge in [0.15, 0.2) is 0 Å². The summed E-state index contributed by atoms with van der Waals surface area (Å²) in [5.41, 5.74) is 0. The average molecular weight is 478 g/mol. The van der Waals surface area contributed by atoms with Crippen LogP contribution in [-0.2, 0) is 9.36 Å². The van der Waals surface area contributed by atoms with E-state index in [2.05, 4.69) is 31.0 Å². The van der Waals surface area contributed by atoms with E-state index in [4.69, 9.17) is 19.2 Å². The predicted molar refractivity (Wildman–Crippen MR) is 128 cm³/mol. The number of hydrogen-bond acceptors (Lipinski definition) is 6. The van der Waals surface area contributed by atoms with Crippen LogP contribution in [0.4, 0.5) is 0 Å². The Labute approximate surface area is 198 Å². The van der Waals surface area contributed by atoms with Crippen molar-refractivity contribution in [1.82, 2.24) is 10.2 Å². The highest BCUT2D eigenvalue weighted by Crippen LogP contribution is 2.13. The summed E-state index contributed by atoms with van der Waals surface area (Å²) >= 11 is 0. The van der Waals surface area contributed by atoms with Crippen molar-refractivity contribution in [1.29, 1.82) is 0 Å². The molecule has 0 aliphatic heterocycles. The van der Waals surface area contributed by atoms with Crippen molar-refractivity contribution in [3.05, 3.63) is 0 Å². The first kappa shape index (κ1) is 33.7. The van der Waals surface area contributed by atoms with Crippen LogP contribution < -0.4 is 20.0 Å². The summed E-state index contributed by atoms with van der Waals surface area (Å²) in [6.45, 7) is 10.5. The molecule has 1 N–H and O–H groups in total. The van der Waals surface area contributed by atoms with E-state index < -0.39 is 7.82 Å². The SMILES string of the molecule is CCCCCCCCCCCCCCCCCC(=O)NCCN(CC)CC.O=P([O-])([O-])[O-]. The minimum atomic E-state index is -5.39. The average Bonchev–Trinajstić information content (AvgIpc) is 2.73. The zero-order valence-electron chi connectivity index (χ0n) is 21.1. The van der Waals surface area contributed by atoms with Crippen LogP contribution in [0.1, 0.15) is 124 Å². The predicted octanol–water partition coefficient (Wildman–Crippen LogP) is 3.88. The third kappa shape index (κ3) is 34.2. The largest absolute Gasteiger partial charge is 0.822 e. The number of hydrogen-bond donors (Lipinski definition) is 1. The molecule has 0 fully saturated rings. The molecule has 0 spiro atoms. The molecular formula is C24H50N2O5P-3. The number of likely N-dealkylation sites (N-methyl/N-ethyl adjacent to an activating group) is 1. The summed E-state index contributed by atoms with van der Waals surface area (Å²) in [4.78, 5) is 39.8. The summed E-state index contributed by atoms with van der Waals surface area (Å²) in [6.07, 6.45) is 21.2. The van der Waals surface area contributed by atoms with Gasteiger partial charge >= 0.3 is 0 Å². The van der Waals surface area contributed by atoms with E-state index in [1.807, 2.05) is 0 Å². The second kappa shape index (κ2) is 25.2. The van der Waals surface area contributed by atoms with Gasteiger partial charge in [0.2, 0.25) is 5.91 Å². The van der Waals surface area contributed by atoms with E-state index >= 15 is 0 Å². The molecule has 0 aromatic rings. The summed E-state index contributed by atoms with van der Waals surface area (Å²) in [7, 11) is -5.39. The molecule has 0 aliphatic rings. The summed E-state index contributed by atoms with van der Waals surface area (Å²) in [5.74, 6) is 0.233. The Hall–Kier alpha value is -0.460. The maximum absolute atomic E-state index is 11.8. The number of nitrogens with zero attached hydrogens (tertiary/aromatic N) is 1. The Balaban J connectivity index is 0. The maximum atomic E-state index is 11.8.